The van der Waals surface area contributed by atoms with E-state index in [4.69, 9.17) is 0 Å². The van der Waals surface area contributed by atoms with E-state index in [0.717, 1.165) is 44.5 Å². The number of phenols is 4. The maximum absolute atomic E-state index is 10.1. The SMILES string of the molecule is Cc1cc(C(C)(C)c2ccc(O)c(C)c2)ccc1O.Cc1ccc(O)c(C(C)(C)c2cc(C)ccc2O)c1. The zero-order valence-corrected chi connectivity index (χ0v) is 23.7. The molecule has 0 atom stereocenters. The molecule has 0 aliphatic carbocycles. The minimum Gasteiger partial charge on any atom is -0.508 e. The van der Waals surface area contributed by atoms with Crippen LogP contribution in [0, 0.1) is 27.7 Å². The second-order valence-corrected chi connectivity index (χ2v) is 11.3. The van der Waals surface area contributed by atoms with Gasteiger partial charge in [-0.05, 0) is 74.2 Å². The number of hydrogen-bond acceptors (Lipinski definition) is 4. The van der Waals surface area contributed by atoms with Crippen molar-refractivity contribution in [3.05, 3.63) is 117 Å². The van der Waals surface area contributed by atoms with Crippen molar-refractivity contribution in [2.75, 3.05) is 0 Å². The molecule has 0 fully saturated rings. The van der Waals surface area contributed by atoms with Gasteiger partial charge in [0.25, 0.3) is 0 Å². The van der Waals surface area contributed by atoms with Crippen LogP contribution in [0.15, 0.2) is 72.8 Å². The molecular weight excluding hydrogens is 472 g/mol. The van der Waals surface area contributed by atoms with E-state index in [9.17, 15) is 20.4 Å². The molecule has 200 valence electrons. The maximum Gasteiger partial charge on any atom is 0.119 e. The first kappa shape index (κ1) is 28.6. The molecular formula is C34H40O4. The molecule has 0 aliphatic heterocycles. The third kappa shape index (κ3) is 5.96. The molecule has 4 N–H and O–H groups in total. The van der Waals surface area contributed by atoms with Crippen molar-refractivity contribution < 1.29 is 20.4 Å². The van der Waals surface area contributed by atoms with Gasteiger partial charge in [-0.25, -0.2) is 0 Å². The lowest BCUT2D eigenvalue weighted by atomic mass is 9.76. The van der Waals surface area contributed by atoms with Crippen LogP contribution in [-0.2, 0) is 10.8 Å². The van der Waals surface area contributed by atoms with E-state index in [1.807, 2.05) is 90.1 Å². The molecule has 0 bridgehead atoms. The van der Waals surface area contributed by atoms with Gasteiger partial charge in [0.15, 0.2) is 0 Å². The number of rotatable bonds is 4. The summed E-state index contributed by atoms with van der Waals surface area (Å²) < 4.78 is 0. The molecule has 0 saturated carbocycles. The molecule has 0 radical (unpaired) electrons. The highest BCUT2D eigenvalue weighted by Gasteiger charge is 2.29. The summed E-state index contributed by atoms with van der Waals surface area (Å²) in [5.74, 6) is 1.16. The fraction of sp³-hybridized carbons (Fsp3) is 0.294. The van der Waals surface area contributed by atoms with E-state index >= 15 is 0 Å². The maximum atomic E-state index is 10.1. The molecule has 4 heteroatoms. The Kier molecular flexibility index (Phi) is 8.16. The summed E-state index contributed by atoms with van der Waals surface area (Å²) in [6.45, 7) is 16.1. The van der Waals surface area contributed by atoms with E-state index in [-0.39, 0.29) is 16.9 Å². The van der Waals surface area contributed by atoms with Gasteiger partial charge in [-0.1, -0.05) is 87.4 Å². The van der Waals surface area contributed by atoms with Gasteiger partial charge in [-0.2, -0.15) is 0 Å². The fourth-order valence-electron chi connectivity index (χ4n) is 4.70. The molecule has 38 heavy (non-hydrogen) atoms. The Hall–Kier alpha value is -3.92. The molecule has 0 unspecified atom stereocenters. The summed E-state index contributed by atoms with van der Waals surface area (Å²) in [5.41, 5.74) is 7.26. The highest BCUT2D eigenvalue weighted by atomic mass is 16.3. The molecule has 0 spiro atoms. The topological polar surface area (TPSA) is 80.9 Å². The van der Waals surface area contributed by atoms with E-state index < -0.39 is 5.41 Å². The lowest BCUT2D eigenvalue weighted by Crippen LogP contribution is -2.19. The summed E-state index contributed by atoms with van der Waals surface area (Å²) in [5, 5.41) is 39.5. The van der Waals surface area contributed by atoms with Crippen LogP contribution in [0.3, 0.4) is 0 Å². The zero-order chi connectivity index (χ0) is 28.4. The predicted molar refractivity (Wildman–Crippen MR) is 156 cm³/mol. The van der Waals surface area contributed by atoms with Crippen molar-refractivity contribution in [1.82, 2.24) is 0 Å². The van der Waals surface area contributed by atoms with Gasteiger partial charge in [-0.3, -0.25) is 0 Å². The van der Waals surface area contributed by atoms with Crippen molar-refractivity contribution in [1.29, 1.82) is 0 Å². The fourth-order valence-corrected chi connectivity index (χ4v) is 4.70. The summed E-state index contributed by atoms with van der Waals surface area (Å²) in [7, 11) is 0. The Morgan fingerprint density at radius 1 is 0.421 bits per heavy atom. The molecule has 0 amide bonds. The Bertz CT molecular complexity index is 1340. The van der Waals surface area contributed by atoms with Gasteiger partial charge in [-0.15, -0.1) is 0 Å². The lowest BCUT2D eigenvalue weighted by molar-refractivity contribution is 0.435. The summed E-state index contributed by atoms with van der Waals surface area (Å²) in [4.78, 5) is 0. The van der Waals surface area contributed by atoms with E-state index in [1.54, 1.807) is 24.3 Å². The van der Waals surface area contributed by atoms with Crippen LogP contribution in [0.1, 0.15) is 72.2 Å². The van der Waals surface area contributed by atoms with Crippen LogP contribution < -0.4 is 0 Å². The van der Waals surface area contributed by atoms with Crippen LogP contribution in [0.25, 0.3) is 0 Å². The number of aryl methyl sites for hydroxylation is 4. The number of aromatic hydroxyl groups is 4. The molecule has 0 aromatic heterocycles. The van der Waals surface area contributed by atoms with Crippen LogP contribution in [-0.4, -0.2) is 20.4 Å². The first-order chi connectivity index (χ1) is 17.6. The van der Waals surface area contributed by atoms with Crippen LogP contribution >= 0.6 is 0 Å². The Balaban J connectivity index is 0.000000211. The third-order valence-corrected chi connectivity index (χ3v) is 7.49. The van der Waals surface area contributed by atoms with Gasteiger partial charge in [0.2, 0.25) is 0 Å². The zero-order valence-electron chi connectivity index (χ0n) is 23.7. The van der Waals surface area contributed by atoms with E-state index in [2.05, 4.69) is 13.8 Å². The van der Waals surface area contributed by atoms with Gasteiger partial charge < -0.3 is 20.4 Å². The summed E-state index contributed by atoms with van der Waals surface area (Å²) in [6.07, 6.45) is 0. The summed E-state index contributed by atoms with van der Waals surface area (Å²) in [6, 6.07) is 22.5. The average Bonchev–Trinajstić information content (AvgIpc) is 2.85. The number of benzene rings is 4. The van der Waals surface area contributed by atoms with Crippen molar-refractivity contribution in [3.63, 3.8) is 0 Å². The van der Waals surface area contributed by atoms with Crippen LogP contribution in [0.2, 0.25) is 0 Å². The lowest BCUT2D eigenvalue weighted by Gasteiger charge is -2.28. The second kappa shape index (κ2) is 10.8. The normalized spacial score (nSPS) is 11.6. The minimum absolute atomic E-state index is 0.170. The standard InChI is InChI=1S/2C17H20O2/c1-11-9-13(5-7-15(11)18)17(3,4)14-6-8-16(19)12(2)10-14;1-11-5-7-15(18)13(9-11)17(3,4)14-10-12(2)6-8-16(14)19/h2*5-10,18-19H,1-4H3. The molecule has 0 saturated heterocycles. The highest BCUT2D eigenvalue weighted by Crippen LogP contribution is 2.41. The van der Waals surface area contributed by atoms with Gasteiger partial charge in [0, 0.05) is 22.0 Å². The first-order valence-electron chi connectivity index (χ1n) is 12.8. The molecule has 4 rings (SSSR count). The number of phenolic OH excluding ortho intramolecular Hbond substituents is 4. The van der Waals surface area contributed by atoms with Crippen molar-refractivity contribution in [3.8, 4) is 23.0 Å². The van der Waals surface area contributed by atoms with Gasteiger partial charge in [0.1, 0.15) is 23.0 Å². The molecule has 0 aliphatic rings. The molecule has 4 nitrogen and oxygen atoms in total. The molecule has 4 aromatic carbocycles. The van der Waals surface area contributed by atoms with Crippen molar-refractivity contribution >= 4 is 0 Å². The predicted octanol–water partition coefficient (Wildman–Crippen LogP) is 8.08. The molecule has 0 heterocycles. The average molecular weight is 513 g/mol. The monoisotopic (exact) mass is 512 g/mol. The Morgan fingerprint density at radius 3 is 1.11 bits per heavy atom. The quantitative estimate of drug-likeness (QED) is 0.223. The minimum atomic E-state index is -0.452. The van der Waals surface area contributed by atoms with Gasteiger partial charge >= 0.3 is 0 Å². The van der Waals surface area contributed by atoms with E-state index in [1.165, 1.54) is 0 Å². The largest absolute Gasteiger partial charge is 0.508 e. The highest BCUT2D eigenvalue weighted by molar-refractivity contribution is 5.52. The smallest absolute Gasteiger partial charge is 0.119 e. The van der Waals surface area contributed by atoms with E-state index in [0.29, 0.717) is 11.5 Å². The third-order valence-electron chi connectivity index (χ3n) is 7.49. The Morgan fingerprint density at radius 2 is 0.763 bits per heavy atom. The molecule has 4 aromatic rings. The van der Waals surface area contributed by atoms with Crippen LogP contribution in [0.5, 0.6) is 23.0 Å². The van der Waals surface area contributed by atoms with Crippen molar-refractivity contribution in [2.45, 2.75) is 66.2 Å². The first-order valence-corrected chi connectivity index (χ1v) is 12.8. The second-order valence-electron chi connectivity index (χ2n) is 11.3. The van der Waals surface area contributed by atoms with Crippen molar-refractivity contribution in [2.24, 2.45) is 0 Å². The van der Waals surface area contributed by atoms with Crippen LogP contribution in [0.4, 0.5) is 0 Å². The number of hydrogen-bond donors (Lipinski definition) is 4. The summed E-state index contributed by atoms with van der Waals surface area (Å²) >= 11 is 0. The Labute approximate surface area is 226 Å². The van der Waals surface area contributed by atoms with Gasteiger partial charge in [0.05, 0.1) is 0 Å².